The van der Waals surface area contributed by atoms with Crippen LogP contribution >= 0.6 is 11.3 Å². The number of piperidine rings is 1. The monoisotopic (exact) mass is 489 g/mol. The predicted molar refractivity (Wildman–Crippen MR) is 136 cm³/mol. The summed E-state index contributed by atoms with van der Waals surface area (Å²) in [5.74, 6) is 1.16. The molecule has 2 atom stereocenters. The van der Waals surface area contributed by atoms with Gasteiger partial charge in [-0.2, -0.15) is 5.10 Å². The maximum atomic E-state index is 14.9. The molecule has 2 aromatic carbocycles. The second-order valence-corrected chi connectivity index (χ2v) is 9.76. The van der Waals surface area contributed by atoms with E-state index < -0.39 is 12.3 Å². The molecule has 1 aliphatic rings. The molecule has 35 heavy (non-hydrogen) atoms. The molecular formula is C25H24FN7OS. The lowest BCUT2D eigenvalue weighted by molar-refractivity contribution is 0.0323. The number of halogens is 1. The Balaban J connectivity index is 1.45. The minimum atomic E-state index is -1.08. The molecule has 1 aliphatic heterocycles. The molecule has 1 N–H and O–H groups in total. The minimum Gasteiger partial charge on any atom is -0.486 e. The van der Waals surface area contributed by atoms with E-state index in [4.69, 9.17) is 4.74 Å². The second-order valence-electron chi connectivity index (χ2n) is 8.88. The largest absolute Gasteiger partial charge is 0.486 e. The van der Waals surface area contributed by atoms with E-state index in [0.29, 0.717) is 30.0 Å². The molecule has 5 aromatic rings. The number of likely N-dealkylation sites (tertiary alicyclic amines) is 1. The van der Waals surface area contributed by atoms with Crippen LogP contribution in [0, 0.1) is 0 Å². The lowest BCUT2D eigenvalue weighted by atomic mass is 10.0. The molecule has 178 valence electrons. The Kier molecular flexibility index (Phi) is 5.54. The topological polar surface area (TPSA) is 81.0 Å². The van der Waals surface area contributed by atoms with Crippen LogP contribution in [0.4, 0.5) is 15.9 Å². The third-order valence-electron chi connectivity index (χ3n) is 6.30. The molecule has 10 heteroatoms. The number of alkyl halides is 1. The SMILES string of the molecule is CN1CC[C@@H](Oc2cc(-c3cnn(C)c3)cc3ncnc(Nc4ccc5ncsc5c4)c23)[C@H](F)C1. The van der Waals surface area contributed by atoms with Gasteiger partial charge in [0.15, 0.2) is 0 Å². The van der Waals surface area contributed by atoms with Crippen molar-refractivity contribution in [1.29, 1.82) is 0 Å². The minimum absolute atomic E-state index is 0.349. The average molecular weight is 490 g/mol. The summed E-state index contributed by atoms with van der Waals surface area (Å²) >= 11 is 1.58. The average Bonchev–Trinajstić information content (AvgIpc) is 3.49. The maximum absolute atomic E-state index is 14.9. The zero-order chi connectivity index (χ0) is 23.9. The Labute approximate surface area is 205 Å². The molecule has 0 spiro atoms. The van der Waals surface area contributed by atoms with Gasteiger partial charge in [0.05, 0.1) is 32.8 Å². The van der Waals surface area contributed by atoms with Crippen molar-refractivity contribution in [3.63, 3.8) is 0 Å². The predicted octanol–water partition coefficient (Wildman–Crippen LogP) is 4.80. The van der Waals surface area contributed by atoms with E-state index in [1.54, 1.807) is 22.2 Å². The molecule has 1 fully saturated rings. The molecule has 4 heterocycles. The van der Waals surface area contributed by atoms with E-state index in [0.717, 1.165) is 39.0 Å². The van der Waals surface area contributed by atoms with Crippen LogP contribution in [-0.2, 0) is 7.05 Å². The van der Waals surface area contributed by atoms with Gasteiger partial charge in [0.2, 0.25) is 0 Å². The van der Waals surface area contributed by atoms with E-state index in [-0.39, 0.29) is 0 Å². The van der Waals surface area contributed by atoms with Crippen LogP contribution in [0.25, 0.3) is 32.2 Å². The zero-order valence-electron chi connectivity index (χ0n) is 19.3. The van der Waals surface area contributed by atoms with Crippen molar-refractivity contribution in [2.75, 3.05) is 25.5 Å². The third-order valence-corrected chi connectivity index (χ3v) is 7.09. The first-order valence-electron chi connectivity index (χ1n) is 11.4. The summed E-state index contributed by atoms with van der Waals surface area (Å²) in [4.78, 5) is 15.4. The van der Waals surface area contributed by atoms with Crippen molar-refractivity contribution in [3.8, 4) is 16.9 Å². The molecule has 0 amide bonds. The highest BCUT2D eigenvalue weighted by atomic mass is 32.1. The van der Waals surface area contributed by atoms with Gasteiger partial charge in [-0.1, -0.05) is 0 Å². The molecule has 0 saturated carbocycles. The first-order valence-corrected chi connectivity index (χ1v) is 12.3. The van der Waals surface area contributed by atoms with Crippen molar-refractivity contribution in [3.05, 3.63) is 54.6 Å². The maximum Gasteiger partial charge on any atom is 0.149 e. The van der Waals surface area contributed by atoms with Gasteiger partial charge >= 0.3 is 0 Å². The fourth-order valence-corrected chi connectivity index (χ4v) is 5.20. The number of benzene rings is 2. The fourth-order valence-electron chi connectivity index (χ4n) is 4.48. The summed E-state index contributed by atoms with van der Waals surface area (Å²) in [5.41, 5.74) is 6.21. The number of hydrogen-bond donors (Lipinski definition) is 1. The molecule has 0 aliphatic carbocycles. The van der Waals surface area contributed by atoms with Crippen molar-refractivity contribution in [2.45, 2.75) is 18.7 Å². The van der Waals surface area contributed by atoms with Crippen LogP contribution in [0.5, 0.6) is 5.75 Å². The number of thiazole rings is 1. The Bertz CT molecular complexity index is 1520. The van der Waals surface area contributed by atoms with Crippen molar-refractivity contribution in [1.82, 2.24) is 29.6 Å². The highest BCUT2D eigenvalue weighted by Gasteiger charge is 2.30. The number of hydrogen-bond acceptors (Lipinski definition) is 8. The molecule has 0 bridgehead atoms. The van der Waals surface area contributed by atoms with Gasteiger partial charge in [-0.15, -0.1) is 11.3 Å². The highest BCUT2D eigenvalue weighted by Crippen LogP contribution is 2.38. The number of ether oxygens (including phenoxy) is 1. The van der Waals surface area contributed by atoms with Gasteiger partial charge in [-0.25, -0.2) is 19.3 Å². The number of anilines is 2. The number of nitrogens with zero attached hydrogens (tertiary/aromatic N) is 6. The first-order chi connectivity index (χ1) is 17.0. The molecule has 1 saturated heterocycles. The summed E-state index contributed by atoms with van der Waals surface area (Å²) in [6.07, 6.45) is 4.24. The van der Waals surface area contributed by atoms with E-state index in [2.05, 4.69) is 25.4 Å². The molecule has 6 rings (SSSR count). The molecule has 3 aromatic heterocycles. The standard InChI is InChI=1S/C25H24FN7OS/c1-32-6-5-21(18(26)12-32)34-22-8-15(16-10-30-33(2)11-16)7-20-24(22)25(28-13-27-20)31-17-3-4-19-23(9-17)35-14-29-19/h3-4,7-11,13-14,18,21H,5-6,12H2,1-2H3,(H,27,28,31)/t18-,21-/m1/s1. The quantitative estimate of drug-likeness (QED) is 0.380. The molecule has 8 nitrogen and oxygen atoms in total. The Morgan fingerprint density at radius 3 is 2.83 bits per heavy atom. The van der Waals surface area contributed by atoms with Gasteiger partial charge in [0.25, 0.3) is 0 Å². The number of rotatable bonds is 5. The van der Waals surface area contributed by atoms with Gasteiger partial charge in [-0.3, -0.25) is 4.68 Å². The number of fused-ring (bicyclic) bond motifs is 2. The van der Waals surface area contributed by atoms with Crippen LogP contribution in [0.15, 0.2) is 54.6 Å². The van der Waals surface area contributed by atoms with Gasteiger partial charge in [-0.05, 0) is 49.4 Å². The summed E-state index contributed by atoms with van der Waals surface area (Å²) in [5, 5.41) is 8.43. The van der Waals surface area contributed by atoms with Crippen LogP contribution < -0.4 is 10.1 Å². The molecule has 0 unspecified atom stereocenters. The summed E-state index contributed by atoms with van der Waals surface area (Å²) in [7, 11) is 3.80. The summed E-state index contributed by atoms with van der Waals surface area (Å²) < 4.78 is 24.1. The number of nitrogens with one attached hydrogen (secondary N) is 1. The van der Waals surface area contributed by atoms with Crippen LogP contribution in [0.1, 0.15) is 6.42 Å². The Hall–Kier alpha value is -3.63. The summed E-state index contributed by atoms with van der Waals surface area (Å²) in [6, 6.07) is 9.90. The Morgan fingerprint density at radius 2 is 2.00 bits per heavy atom. The zero-order valence-corrected chi connectivity index (χ0v) is 20.2. The van der Waals surface area contributed by atoms with Crippen LogP contribution in [0.3, 0.4) is 0 Å². The third kappa shape index (κ3) is 4.30. The first kappa shape index (κ1) is 21.9. The second kappa shape index (κ2) is 8.86. The van der Waals surface area contributed by atoms with Crippen molar-refractivity contribution < 1.29 is 9.13 Å². The number of aryl methyl sites for hydroxylation is 1. The highest BCUT2D eigenvalue weighted by molar-refractivity contribution is 7.16. The fraction of sp³-hybridized carbons (Fsp3) is 0.280. The van der Waals surface area contributed by atoms with Crippen molar-refractivity contribution >= 4 is 44.0 Å². The van der Waals surface area contributed by atoms with Gasteiger partial charge in [0.1, 0.15) is 30.2 Å². The lowest BCUT2D eigenvalue weighted by Crippen LogP contribution is -2.45. The lowest BCUT2D eigenvalue weighted by Gasteiger charge is -2.32. The Morgan fingerprint density at radius 1 is 1.09 bits per heavy atom. The van der Waals surface area contributed by atoms with Gasteiger partial charge in [0, 0.05) is 37.6 Å². The van der Waals surface area contributed by atoms with E-state index in [1.165, 1.54) is 6.33 Å². The van der Waals surface area contributed by atoms with Crippen LogP contribution in [-0.4, -0.2) is 62.0 Å². The van der Waals surface area contributed by atoms with Gasteiger partial charge < -0.3 is 15.0 Å². The van der Waals surface area contributed by atoms with Crippen molar-refractivity contribution in [2.24, 2.45) is 7.05 Å². The smallest absolute Gasteiger partial charge is 0.149 e. The normalized spacial score (nSPS) is 18.8. The van der Waals surface area contributed by atoms with E-state index in [9.17, 15) is 4.39 Å². The van der Waals surface area contributed by atoms with E-state index in [1.807, 2.05) is 61.0 Å². The van der Waals surface area contributed by atoms with Crippen LogP contribution in [0.2, 0.25) is 0 Å². The summed E-state index contributed by atoms with van der Waals surface area (Å²) in [6.45, 7) is 1.13. The number of aromatic nitrogens is 5. The molecular weight excluding hydrogens is 465 g/mol. The molecule has 0 radical (unpaired) electrons. The van der Waals surface area contributed by atoms with E-state index >= 15 is 0 Å².